The number of carbonyl (C=O) groups is 1. The lowest BCUT2D eigenvalue weighted by molar-refractivity contribution is 0.0945. The van der Waals surface area contributed by atoms with Crippen LogP contribution < -0.4 is 5.32 Å². The maximum Gasteiger partial charge on any atom is 0.270 e. The van der Waals surface area contributed by atoms with E-state index >= 15 is 0 Å². The molecule has 18 heavy (non-hydrogen) atoms. The fourth-order valence-electron chi connectivity index (χ4n) is 1.45. The molecule has 90 valence electrons. The quantitative estimate of drug-likeness (QED) is 0.835. The summed E-state index contributed by atoms with van der Waals surface area (Å²) in [5.41, 5.74) is 2.13. The van der Waals surface area contributed by atoms with Crippen molar-refractivity contribution >= 4 is 5.91 Å². The van der Waals surface area contributed by atoms with Crippen molar-refractivity contribution in [1.82, 2.24) is 20.5 Å². The summed E-state index contributed by atoms with van der Waals surface area (Å²) in [7, 11) is 0. The summed E-state index contributed by atoms with van der Waals surface area (Å²) in [6, 6.07) is 6.91. The third-order valence-electron chi connectivity index (χ3n) is 2.44. The topological polar surface area (TPSA) is 94.5 Å². The Morgan fingerprint density at radius 3 is 2.94 bits per heavy atom. The minimum absolute atomic E-state index is 0.280. The first-order chi connectivity index (χ1) is 8.70. The molecule has 6 nitrogen and oxygen atoms in total. The molecule has 0 aliphatic carbocycles. The number of rotatable bonds is 3. The summed E-state index contributed by atoms with van der Waals surface area (Å²) >= 11 is 0. The molecule has 2 aromatic heterocycles. The maximum absolute atomic E-state index is 11.8. The average Bonchev–Trinajstić information content (AvgIpc) is 2.89. The van der Waals surface area contributed by atoms with Gasteiger partial charge in [0.25, 0.3) is 5.91 Å². The highest BCUT2D eigenvalue weighted by molar-refractivity contribution is 5.92. The van der Waals surface area contributed by atoms with Gasteiger partial charge in [-0.05, 0) is 25.1 Å². The summed E-state index contributed by atoms with van der Waals surface area (Å²) in [4.78, 5) is 15.9. The number of nitrogens with zero attached hydrogens (tertiary/aromatic N) is 3. The Morgan fingerprint density at radius 2 is 2.33 bits per heavy atom. The van der Waals surface area contributed by atoms with Crippen LogP contribution in [0.3, 0.4) is 0 Å². The number of nitriles is 1. The molecule has 0 fully saturated rings. The standard InChI is InChI=1S/C12H11N5O/c1-8-9(6-13)2-3-11(16-8)12(18)14-7-10-4-5-15-17-10/h2-5H,7H2,1H3,(H,14,18)(H,15,17). The van der Waals surface area contributed by atoms with Crippen molar-refractivity contribution in [3.8, 4) is 6.07 Å². The van der Waals surface area contributed by atoms with Crippen LogP contribution in [0.1, 0.15) is 27.4 Å². The van der Waals surface area contributed by atoms with Gasteiger partial charge in [0.05, 0.1) is 23.5 Å². The molecule has 0 atom stereocenters. The first-order valence-electron chi connectivity index (χ1n) is 5.35. The van der Waals surface area contributed by atoms with Crippen LogP contribution in [-0.2, 0) is 6.54 Å². The molecule has 2 aromatic rings. The zero-order chi connectivity index (χ0) is 13.0. The second-order valence-corrected chi connectivity index (χ2v) is 3.71. The van der Waals surface area contributed by atoms with Crippen molar-refractivity contribution in [3.05, 3.63) is 47.0 Å². The second-order valence-electron chi connectivity index (χ2n) is 3.71. The third-order valence-corrected chi connectivity index (χ3v) is 2.44. The first-order valence-corrected chi connectivity index (χ1v) is 5.35. The lowest BCUT2D eigenvalue weighted by Crippen LogP contribution is -2.24. The molecule has 2 rings (SSSR count). The van der Waals surface area contributed by atoms with Gasteiger partial charge in [-0.15, -0.1) is 0 Å². The van der Waals surface area contributed by atoms with Crippen molar-refractivity contribution in [2.45, 2.75) is 13.5 Å². The van der Waals surface area contributed by atoms with Gasteiger partial charge in [0.1, 0.15) is 11.8 Å². The van der Waals surface area contributed by atoms with Gasteiger partial charge < -0.3 is 5.32 Å². The van der Waals surface area contributed by atoms with E-state index in [1.165, 1.54) is 6.07 Å². The smallest absolute Gasteiger partial charge is 0.270 e. The Hall–Kier alpha value is -2.68. The fourth-order valence-corrected chi connectivity index (χ4v) is 1.45. The van der Waals surface area contributed by atoms with Gasteiger partial charge in [-0.2, -0.15) is 10.4 Å². The highest BCUT2D eigenvalue weighted by atomic mass is 16.1. The predicted octanol–water partition coefficient (Wildman–Crippen LogP) is 0.915. The van der Waals surface area contributed by atoms with Crippen LogP contribution >= 0.6 is 0 Å². The molecule has 2 N–H and O–H groups in total. The minimum Gasteiger partial charge on any atom is -0.345 e. The summed E-state index contributed by atoms with van der Waals surface area (Å²) in [5.74, 6) is -0.280. The molecule has 0 radical (unpaired) electrons. The van der Waals surface area contributed by atoms with E-state index in [2.05, 4.69) is 20.5 Å². The van der Waals surface area contributed by atoms with Crippen LogP contribution in [0.4, 0.5) is 0 Å². The maximum atomic E-state index is 11.8. The average molecular weight is 241 g/mol. The van der Waals surface area contributed by atoms with Crippen LogP contribution in [0.15, 0.2) is 24.4 Å². The normalized spacial score (nSPS) is 9.78. The van der Waals surface area contributed by atoms with E-state index in [0.717, 1.165) is 5.69 Å². The minimum atomic E-state index is -0.280. The largest absolute Gasteiger partial charge is 0.345 e. The van der Waals surface area contributed by atoms with Gasteiger partial charge in [-0.3, -0.25) is 9.89 Å². The predicted molar refractivity (Wildman–Crippen MR) is 63.4 cm³/mol. The molecule has 0 unspecified atom stereocenters. The molecule has 0 saturated heterocycles. The number of nitrogens with one attached hydrogen (secondary N) is 2. The van der Waals surface area contributed by atoms with E-state index in [0.29, 0.717) is 23.5 Å². The molecule has 0 spiro atoms. The molecular formula is C12H11N5O. The second kappa shape index (κ2) is 5.10. The molecule has 6 heteroatoms. The van der Waals surface area contributed by atoms with E-state index in [1.54, 1.807) is 25.3 Å². The molecule has 2 heterocycles. The lowest BCUT2D eigenvalue weighted by Gasteiger charge is -2.04. The van der Waals surface area contributed by atoms with E-state index in [1.807, 2.05) is 6.07 Å². The van der Waals surface area contributed by atoms with Crippen molar-refractivity contribution in [2.75, 3.05) is 0 Å². The Labute approximate surface area is 104 Å². The summed E-state index contributed by atoms with van der Waals surface area (Å²) in [6.45, 7) is 2.06. The Kier molecular flexibility index (Phi) is 3.34. The Balaban J connectivity index is 2.05. The Morgan fingerprint density at radius 1 is 1.50 bits per heavy atom. The van der Waals surface area contributed by atoms with Gasteiger partial charge in [-0.25, -0.2) is 4.98 Å². The van der Waals surface area contributed by atoms with Crippen molar-refractivity contribution in [1.29, 1.82) is 5.26 Å². The highest BCUT2D eigenvalue weighted by Crippen LogP contribution is 2.05. The summed E-state index contributed by atoms with van der Waals surface area (Å²) < 4.78 is 0. The van der Waals surface area contributed by atoms with Crippen molar-refractivity contribution in [2.24, 2.45) is 0 Å². The lowest BCUT2D eigenvalue weighted by atomic mass is 10.2. The first kappa shape index (κ1) is 11.8. The molecule has 0 bridgehead atoms. The molecule has 0 aliphatic rings. The molecule has 0 aromatic carbocycles. The molecule has 1 amide bonds. The number of hydrogen-bond acceptors (Lipinski definition) is 4. The number of carbonyl (C=O) groups excluding carboxylic acids is 1. The fraction of sp³-hybridized carbons (Fsp3) is 0.167. The van der Waals surface area contributed by atoms with Gasteiger partial charge in [0.15, 0.2) is 0 Å². The van der Waals surface area contributed by atoms with E-state index in [4.69, 9.17) is 5.26 Å². The number of aryl methyl sites for hydroxylation is 1. The molecular weight excluding hydrogens is 230 g/mol. The number of hydrogen-bond donors (Lipinski definition) is 2. The van der Waals surface area contributed by atoms with Crippen LogP contribution in [0, 0.1) is 18.3 Å². The van der Waals surface area contributed by atoms with Crippen LogP contribution in [-0.4, -0.2) is 21.1 Å². The molecule has 0 aliphatic heterocycles. The van der Waals surface area contributed by atoms with E-state index in [-0.39, 0.29) is 5.91 Å². The van der Waals surface area contributed by atoms with Gasteiger partial charge >= 0.3 is 0 Å². The monoisotopic (exact) mass is 241 g/mol. The van der Waals surface area contributed by atoms with Gasteiger partial charge in [0, 0.05) is 6.20 Å². The van der Waals surface area contributed by atoms with Crippen LogP contribution in [0.2, 0.25) is 0 Å². The van der Waals surface area contributed by atoms with E-state index in [9.17, 15) is 4.79 Å². The SMILES string of the molecule is Cc1nc(C(=O)NCc2ccn[nH]2)ccc1C#N. The van der Waals surface area contributed by atoms with Crippen molar-refractivity contribution in [3.63, 3.8) is 0 Å². The number of amides is 1. The number of H-pyrrole nitrogens is 1. The van der Waals surface area contributed by atoms with E-state index < -0.39 is 0 Å². The van der Waals surface area contributed by atoms with Crippen molar-refractivity contribution < 1.29 is 4.79 Å². The zero-order valence-electron chi connectivity index (χ0n) is 9.77. The van der Waals surface area contributed by atoms with Gasteiger partial charge in [-0.1, -0.05) is 0 Å². The van der Waals surface area contributed by atoms with Crippen LogP contribution in [0.5, 0.6) is 0 Å². The summed E-state index contributed by atoms with van der Waals surface area (Å²) in [6.07, 6.45) is 1.62. The zero-order valence-corrected chi connectivity index (χ0v) is 9.77. The highest BCUT2D eigenvalue weighted by Gasteiger charge is 2.09. The number of pyridine rings is 1. The van der Waals surface area contributed by atoms with Crippen LogP contribution in [0.25, 0.3) is 0 Å². The number of aromatic amines is 1. The van der Waals surface area contributed by atoms with Gasteiger partial charge in [0.2, 0.25) is 0 Å². The summed E-state index contributed by atoms with van der Waals surface area (Å²) in [5, 5.41) is 18.0. The number of aromatic nitrogens is 3. The molecule has 0 saturated carbocycles. The third kappa shape index (κ3) is 2.52. The Bertz CT molecular complexity index is 597.